The Kier molecular flexibility index (Phi) is 7.64. The Bertz CT molecular complexity index is 433. The molecule has 0 unspecified atom stereocenters. The molecule has 0 aromatic rings. The maximum Gasteiger partial charge on any atom is -1.00 e. The van der Waals surface area contributed by atoms with Gasteiger partial charge in [-0.15, -0.1) is 0 Å². The van der Waals surface area contributed by atoms with Crippen molar-refractivity contribution in [3.05, 3.63) is 56.0 Å². The fourth-order valence-electron chi connectivity index (χ4n) is 1.95. The zero-order valence-corrected chi connectivity index (χ0v) is 14.0. The Hall–Kier alpha value is 0.163. The standard InChI is InChI=1S/C14H15.2ClH.Zr/c1-11(2)14-8-7-13(10-14)9-12-5-3-4-6-12;;;/h3-5,7-8H,6,9H2,1-2H3;2*1H;/q;;;+2/p-2. The maximum absolute atomic E-state index is 2.30. The van der Waals surface area contributed by atoms with E-state index >= 15 is 0 Å². The molecule has 0 aromatic carbocycles. The van der Waals surface area contributed by atoms with E-state index in [1.165, 1.54) is 41.4 Å². The first kappa shape index (κ1) is 17.2. The molecule has 0 aromatic heterocycles. The normalized spacial score (nSPS) is 16.9. The van der Waals surface area contributed by atoms with Crippen molar-refractivity contribution in [3.63, 3.8) is 0 Å². The minimum atomic E-state index is 0. The molecule has 0 amide bonds. The third kappa shape index (κ3) is 4.09. The van der Waals surface area contributed by atoms with Gasteiger partial charge in [0.05, 0.1) is 0 Å². The number of hydrogen-bond acceptors (Lipinski definition) is 0. The van der Waals surface area contributed by atoms with Gasteiger partial charge in [-0.2, -0.15) is 0 Å². The van der Waals surface area contributed by atoms with Crippen LogP contribution in [-0.2, 0) is 24.7 Å². The second kappa shape index (κ2) is 7.57. The summed E-state index contributed by atoms with van der Waals surface area (Å²) in [6.45, 7) is 4.39. The van der Waals surface area contributed by atoms with Crippen LogP contribution < -0.4 is 24.8 Å². The topological polar surface area (TPSA) is 0 Å². The van der Waals surface area contributed by atoms with Crippen molar-refractivity contribution in [3.8, 4) is 0 Å². The second-order valence-corrected chi connectivity index (χ2v) is 5.51. The molecule has 0 saturated heterocycles. The Balaban J connectivity index is 0.00000128. The fraction of sp³-hybridized carbons (Fsp3) is 0.286. The van der Waals surface area contributed by atoms with Gasteiger partial charge in [0, 0.05) is 0 Å². The van der Waals surface area contributed by atoms with Crippen LogP contribution >= 0.6 is 0 Å². The van der Waals surface area contributed by atoms with Crippen molar-refractivity contribution >= 4 is 0 Å². The molecule has 0 fully saturated rings. The summed E-state index contributed by atoms with van der Waals surface area (Å²) in [4.78, 5) is 0. The summed E-state index contributed by atoms with van der Waals surface area (Å²) in [6, 6.07) is 0. The van der Waals surface area contributed by atoms with Crippen LogP contribution in [0.25, 0.3) is 0 Å². The zero-order chi connectivity index (χ0) is 10.8. The van der Waals surface area contributed by atoms with Gasteiger partial charge in [0.2, 0.25) is 0 Å². The first-order valence-electron chi connectivity index (χ1n) is 5.33. The predicted molar refractivity (Wildman–Crippen MR) is 61.0 cm³/mol. The first-order chi connectivity index (χ1) is 7.18. The number of halogens is 2. The molecular weight excluding hydrogens is 330 g/mol. The molecule has 0 saturated carbocycles. The van der Waals surface area contributed by atoms with Gasteiger partial charge < -0.3 is 24.8 Å². The van der Waals surface area contributed by atoms with Gasteiger partial charge in [-0.25, -0.2) is 0 Å². The van der Waals surface area contributed by atoms with E-state index in [1.807, 2.05) is 0 Å². The molecule has 0 atom stereocenters. The van der Waals surface area contributed by atoms with Gasteiger partial charge in [-0.3, -0.25) is 0 Å². The molecule has 0 spiro atoms. The number of allylic oxidation sites excluding steroid dienone is 10. The van der Waals surface area contributed by atoms with Gasteiger partial charge in [-0.1, -0.05) is 0 Å². The molecule has 3 heteroatoms. The van der Waals surface area contributed by atoms with E-state index in [2.05, 4.69) is 44.2 Å². The number of hydrogen-bond donors (Lipinski definition) is 0. The molecule has 17 heavy (non-hydrogen) atoms. The second-order valence-electron chi connectivity index (χ2n) is 4.28. The Morgan fingerprint density at radius 2 is 1.94 bits per heavy atom. The van der Waals surface area contributed by atoms with Gasteiger partial charge >= 0.3 is 107 Å². The van der Waals surface area contributed by atoms with E-state index in [9.17, 15) is 0 Å². The molecule has 0 heterocycles. The fourth-order valence-corrected chi connectivity index (χ4v) is 3.20. The maximum atomic E-state index is 2.30. The monoisotopic (exact) mass is 343 g/mol. The number of rotatable bonds is 2. The van der Waals surface area contributed by atoms with Gasteiger partial charge in [0.1, 0.15) is 0 Å². The van der Waals surface area contributed by atoms with Crippen LogP contribution in [0.2, 0.25) is 0 Å². The largest absolute Gasteiger partial charge is 1.00 e. The zero-order valence-electron chi connectivity index (χ0n) is 10.1. The molecule has 2 rings (SSSR count). The smallest absolute Gasteiger partial charge is 1.00 e. The van der Waals surface area contributed by atoms with Crippen LogP contribution in [0.4, 0.5) is 0 Å². The van der Waals surface area contributed by atoms with Gasteiger partial charge in [-0.05, 0) is 0 Å². The van der Waals surface area contributed by atoms with Crippen molar-refractivity contribution in [2.45, 2.75) is 26.7 Å². The third-order valence-electron chi connectivity index (χ3n) is 2.85. The van der Waals surface area contributed by atoms with E-state index in [4.69, 9.17) is 0 Å². The predicted octanol–water partition coefficient (Wildman–Crippen LogP) is -2.02. The van der Waals surface area contributed by atoms with E-state index < -0.39 is 0 Å². The molecular formula is C14H15Cl2Zr. The summed E-state index contributed by atoms with van der Waals surface area (Å²) in [7, 11) is 0. The quantitative estimate of drug-likeness (QED) is 0.542. The van der Waals surface area contributed by atoms with Crippen LogP contribution in [0, 0.1) is 0 Å². The van der Waals surface area contributed by atoms with Gasteiger partial charge in [0.15, 0.2) is 0 Å². The Morgan fingerprint density at radius 1 is 1.24 bits per heavy atom. The summed E-state index contributed by atoms with van der Waals surface area (Å²) in [5, 5.41) is 0. The summed E-state index contributed by atoms with van der Waals surface area (Å²) in [6.07, 6.45) is 13.5. The van der Waals surface area contributed by atoms with Crippen molar-refractivity contribution in [2.24, 2.45) is 0 Å². The van der Waals surface area contributed by atoms with Crippen LogP contribution in [0.5, 0.6) is 0 Å². The van der Waals surface area contributed by atoms with Crippen molar-refractivity contribution in [1.29, 1.82) is 0 Å². The van der Waals surface area contributed by atoms with Crippen molar-refractivity contribution in [1.82, 2.24) is 0 Å². The molecule has 0 bridgehead atoms. The molecule has 2 aliphatic carbocycles. The summed E-state index contributed by atoms with van der Waals surface area (Å²) >= 11 is 1.54. The Labute approximate surface area is 131 Å². The van der Waals surface area contributed by atoms with E-state index in [0.29, 0.717) is 0 Å². The van der Waals surface area contributed by atoms with Gasteiger partial charge in [0.25, 0.3) is 0 Å². The van der Waals surface area contributed by atoms with Crippen LogP contribution in [-0.4, -0.2) is 0 Å². The molecule has 0 radical (unpaired) electrons. The molecule has 2 aliphatic rings. The minimum Gasteiger partial charge on any atom is -1.00 e. The van der Waals surface area contributed by atoms with Crippen LogP contribution in [0.3, 0.4) is 0 Å². The first-order valence-corrected chi connectivity index (χ1v) is 6.56. The minimum absolute atomic E-state index is 0. The van der Waals surface area contributed by atoms with Crippen LogP contribution in [0.15, 0.2) is 56.0 Å². The average molecular weight is 345 g/mol. The molecule has 0 N–H and O–H groups in total. The van der Waals surface area contributed by atoms with Crippen molar-refractivity contribution in [2.75, 3.05) is 0 Å². The van der Waals surface area contributed by atoms with E-state index in [1.54, 1.807) is 8.85 Å². The molecule has 89 valence electrons. The third-order valence-corrected chi connectivity index (χ3v) is 4.30. The SMILES string of the molecule is CC(C)=C1C=CC(CC2=CC=CC2)=[C]1[Zr+2].[Cl-].[Cl-]. The van der Waals surface area contributed by atoms with Crippen molar-refractivity contribution < 1.29 is 49.5 Å². The summed E-state index contributed by atoms with van der Waals surface area (Å²) in [5.74, 6) is 0. The molecule has 0 aliphatic heterocycles. The van der Waals surface area contributed by atoms with E-state index in [0.717, 1.165) is 12.8 Å². The van der Waals surface area contributed by atoms with E-state index in [-0.39, 0.29) is 24.8 Å². The molecule has 0 nitrogen and oxygen atoms in total. The average Bonchev–Trinajstić information content (AvgIpc) is 2.78. The summed E-state index contributed by atoms with van der Waals surface area (Å²) in [5.41, 5.74) is 5.98. The van der Waals surface area contributed by atoms with Crippen LogP contribution in [0.1, 0.15) is 26.7 Å². The Morgan fingerprint density at radius 3 is 2.41 bits per heavy atom. The summed E-state index contributed by atoms with van der Waals surface area (Å²) < 4.78 is 1.55.